The SMILES string of the molecule is COCC(C)(CCO)NC(=O)c1ccc(N(C)c2ccccc2)nc1. The molecule has 134 valence electrons. The number of amides is 1. The van der Waals surface area contributed by atoms with Crippen molar-refractivity contribution in [3.05, 3.63) is 54.2 Å². The highest BCUT2D eigenvalue weighted by molar-refractivity contribution is 5.94. The molecule has 0 bridgehead atoms. The highest BCUT2D eigenvalue weighted by Crippen LogP contribution is 2.21. The van der Waals surface area contributed by atoms with E-state index in [2.05, 4.69) is 10.3 Å². The van der Waals surface area contributed by atoms with Crippen LogP contribution in [0.3, 0.4) is 0 Å². The number of para-hydroxylation sites is 1. The van der Waals surface area contributed by atoms with Gasteiger partial charge in [0.25, 0.3) is 5.91 Å². The maximum absolute atomic E-state index is 12.5. The van der Waals surface area contributed by atoms with E-state index in [-0.39, 0.29) is 12.5 Å². The molecule has 1 heterocycles. The van der Waals surface area contributed by atoms with Crippen LogP contribution in [0.2, 0.25) is 0 Å². The van der Waals surface area contributed by atoms with Gasteiger partial charge in [-0.15, -0.1) is 0 Å². The average molecular weight is 343 g/mol. The van der Waals surface area contributed by atoms with Crippen LogP contribution < -0.4 is 10.2 Å². The lowest BCUT2D eigenvalue weighted by Crippen LogP contribution is -2.50. The molecule has 6 nitrogen and oxygen atoms in total. The van der Waals surface area contributed by atoms with Crippen LogP contribution in [0.15, 0.2) is 48.7 Å². The second-order valence-electron chi connectivity index (χ2n) is 6.22. The Kier molecular flexibility index (Phi) is 6.50. The molecule has 0 aliphatic rings. The van der Waals surface area contributed by atoms with Gasteiger partial charge in [0.05, 0.1) is 17.7 Å². The molecule has 0 aliphatic heterocycles. The number of ether oxygens (including phenoxy) is 1. The summed E-state index contributed by atoms with van der Waals surface area (Å²) in [5.74, 6) is 0.507. The number of anilines is 2. The van der Waals surface area contributed by atoms with Crippen LogP contribution in [0.25, 0.3) is 0 Å². The van der Waals surface area contributed by atoms with E-state index < -0.39 is 5.54 Å². The van der Waals surface area contributed by atoms with Crippen molar-refractivity contribution >= 4 is 17.4 Å². The van der Waals surface area contributed by atoms with Gasteiger partial charge in [-0.25, -0.2) is 4.98 Å². The van der Waals surface area contributed by atoms with E-state index in [0.717, 1.165) is 11.5 Å². The molecule has 2 aromatic rings. The lowest BCUT2D eigenvalue weighted by Gasteiger charge is -2.29. The van der Waals surface area contributed by atoms with Gasteiger partial charge in [-0.05, 0) is 37.6 Å². The van der Waals surface area contributed by atoms with E-state index >= 15 is 0 Å². The van der Waals surface area contributed by atoms with Crippen LogP contribution in [0.4, 0.5) is 11.5 Å². The monoisotopic (exact) mass is 343 g/mol. The second kappa shape index (κ2) is 8.60. The highest BCUT2D eigenvalue weighted by Gasteiger charge is 2.26. The summed E-state index contributed by atoms with van der Waals surface area (Å²) in [5.41, 5.74) is 0.855. The van der Waals surface area contributed by atoms with Crippen molar-refractivity contribution < 1.29 is 14.6 Å². The van der Waals surface area contributed by atoms with E-state index in [1.807, 2.05) is 55.3 Å². The molecular weight excluding hydrogens is 318 g/mol. The average Bonchev–Trinajstić information content (AvgIpc) is 2.62. The quantitative estimate of drug-likeness (QED) is 0.770. The predicted octanol–water partition coefficient (Wildman–Crippen LogP) is 2.37. The van der Waals surface area contributed by atoms with E-state index in [1.165, 1.54) is 0 Å². The first-order valence-electron chi connectivity index (χ1n) is 8.16. The lowest BCUT2D eigenvalue weighted by molar-refractivity contribution is 0.0725. The Bertz CT molecular complexity index is 668. The Balaban J connectivity index is 2.09. The van der Waals surface area contributed by atoms with Gasteiger partial charge in [0.1, 0.15) is 5.82 Å². The topological polar surface area (TPSA) is 74.7 Å². The first-order chi connectivity index (χ1) is 12.0. The number of pyridine rings is 1. The highest BCUT2D eigenvalue weighted by atomic mass is 16.5. The molecule has 1 aromatic carbocycles. The predicted molar refractivity (Wildman–Crippen MR) is 98.2 cm³/mol. The van der Waals surface area contributed by atoms with Gasteiger partial charge in [0, 0.05) is 32.6 Å². The van der Waals surface area contributed by atoms with Crippen LogP contribution in [0, 0.1) is 0 Å². The van der Waals surface area contributed by atoms with Crippen LogP contribution in [-0.2, 0) is 4.74 Å². The van der Waals surface area contributed by atoms with Gasteiger partial charge in [-0.1, -0.05) is 18.2 Å². The van der Waals surface area contributed by atoms with E-state index in [0.29, 0.717) is 18.6 Å². The van der Waals surface area contributed by atoms with Gasteiger partial charge >= 0.3 is 0 Å². The standard InChI is InChI=1S/C19H25N3O3/c1-19(11-12-23,14-25-3)21-18(24)15-9-10-17(20-13-15)22(2)16-7-5-4-6-8-16/h4-10,13,23H,11-12,14H2,1-3H3,(H,21,24). The number of methoxy groups -OCH3 is 1. The third-order valence-electron chi connectivity index (χ3n) is 4.04. The summed E-state index contributed by atoms with van der Waals surface area (Å²) in [6, 6.07) is 13.4. The molecule has 6 heteroatoms. The largest absolute Gasteiger partial charge is 0.396 e. The Labute approximate surface area is 148 Å². The van der Waals surface area contributed by atoms with Crippen molar-refractivity contribution in [2.45, 2.75) is 18.9 Å². The number of carbonyl (C=O) groups excluding carboxylic acids is 1. The minimum atomic E-state index is -0.625. The Morgan fingerprint density at radius 3 is 2.56 bits per heavy atom. The van der Waals surface area contributed by atoms with Crippen molar-refractivity contribution in [1.82, 2.24) is 10.3 Å². The molecule has 2 rings (SSSR count). The number of nitrogens with zero attached hydrogens (tertiary/aromatic N) is 2. The number of aliphatic hydroxyl groups excluding tert-OH is 1. The summed E-state index contributed by atoms with van der Waals surface area (Å²) < 4.78 is 5.15. The minimum Gasteiger partial charge on any atom is -0.396 e. The molecule has 25 heavy (non-hydrogen) atoms. The molecular formula is C19H25N3O3. The van der Waals surface area contributed by atoms with Crippen LogP contribution >= 0.6 is 0 Å². The van der Waals surface area contributed by atoms with E-state index in [1.54, 1.807) is 19.4 Å². The van der Waals surface area contributed by atoms with Crippen LogP contribution in [-0.4, -0.2) is 48.9 Å². The summed E-state index contributed by atoms with van der Waals surface area (Å²) in [6.45, 7) is 2.14. The maximum atomic E-state index is 12.5. The Morgan fingerprint density at radius 1 is 1.28 bits per heavy atom. The molecule has 0 fully saturated rings. The Morgan fingerprint density at radius 2 is 2.00 bits per heavy atom. The number of rotatable bonds is 8. The summed E-state index contributed by atoms with van der Waals surface area (Å²) >= 11 is 0. The fourth-order valence-corrected chi connectivity index (χ4v) is 2.58. The van der Waals surface area contributed by atoms with E-state index in [9.17, 15) is 9.90 Å². The van der Waals surface area contributed by atoms with Crippen molar-refractivity contribution in [3.8, 4) is 0 Å². The zero-order chi connectivity index (χ0) is 18.3. The molecule has 0 radical (unpaired) electrons. The lowest BCUT2D eigenvalue weighted by atomic mass is 9.99. The number of carbonyl (C=O) groups is 1. The van der Waals surface area contributed by atoms with Crippen LogP contribution in [0.5, 0.6) is 0 Å². The summed E-state index contributed by atoms with van der Waals surface area (Å²) in [7, 11) is 3.49. The summed E-state index contributed by atoms with van der Waals surface area (Å²) in [5, 5.41) is 12.1. The first-order valence-corrected chi connectivity index (χ1v) is 8.16. The molecule has 0 saturated carbocycles. The molecule has 1 unspecified atom stereocenters. The Hall–Kier alpha value is -2.44. The fourth-order valence-electron chi connectivity index (χ4n) is 2.58. The van der Waals surface area contributed by atoms with Gasteiger partial charge in [-0.2, -0.15) is 0 Å². The number of nitrogens with one attached hydrogen (secondary N) is 1. The third-order valence-corrected chi connectivity index (χ3v) is 4.04. The van der Waals surface area contributed by atoms with Crippen molar-refractivity contribution in [2.24, 2.45) is 0 Å². The number of hydrogen-bond donors (Lipinski definition) is 2. The molecule has 0 spiro atoms. The fraction of sp³-hybridized carbons (Fsp3) is 0.368. The summed E-state index contributed by atoms with van der Waals surface area (Å²) in [6.07, 6.45) is 1.96. The molecule has 1 atom stereocenters. The van der Waals surface area contributed by atoms with Crippen molar-refractivity contribution in [2.75, 3.05) is 32.3 Å². The summed E-state index contributed by atoms with van der Waals surface area (Å²) in [4.78, 5) is 18.8. The van der Waals surface area contributed by atoms with Gasteiger partial charge in [0.2, 0.25) is 0 Å². The van der Waals surface area contributed by atoms with Crippen molar-refractivity contribution in [3.63, 3.8) is 0 Å². The zero-order valence-electron chi connectivity index (χ0n) is 14.9. The second-order valence-corrected chi connectivity index (χ2v) is 6.22. The normalized spacial score (nSPS) is 13.1. The number of hydrogen-bond acceptors (Lipinski definition) is 5. The number of aromatic nitrogens is 1. The first kappa shape index (κ1) is 18.9. The van der Waals surface area contributed by atoms with E-state index in [4.69, 9.17) is 4.74 Å². The smallest absolute Gasteiger partial charge is 0.253 e. The molecule has 1 amide bonds. The van der Waals surface area contributed by atoms with Gasteiger partial charge < -0.3 is 20.1 Å². The zero-order valence-corrected chi connectivity index (χ0v) is 14.9. The van der Waals surface area contributed by atoms with Gasteiger partial charge in [0.15, 0.2) is 0 Å². The van der Waals surface area contributed by atoms with Crippen molar-refractivity contribution in [1.29, 1.82) is 0 Å². The number of benzene rings is 1. The molecule has 2 N–H and O–H groups in total. The third kappa shape index (κ3) is 5.01. The maximum Gasteiger partial charge on any atom is 0.253 e. The minimum absolute atomic E-state index is 0.0286. The molecule has 0 saturated heterocycles. The number of aliphatic hydroxyl groups is 1. The molecule has 1 aromatic heterocycles. The van der Waals surface area contributed by atoms with Crippen LogP contribution in [0.1, 0.15) is 23.7 Å². The molecule has 0 aliphatic carbocycles. The van der Waals surface area contributed by atoms with Gasteiger partial charge in [-0.3, -0.25) is 4.79 Å².